The van der Waals surface area contributed by atoms with Crippen molar-refractivity contribution >= 4 is 40.7 Å². The fourth-order valence-electron chi connectivity index (χ4n) is 2.05. The number of carbonyl (C=O) groups excluding carboxylic acids is 1. The zero-order valence-electron chi connectivity index (χ0n) is 11.0. The minimum Gasteiger partial charge on any atom is -0.465 e. The highest BCUT2D eigenvalue weighted by Gasteiger charge is 2.33. The van der Waals surface area contributed by atoms with Gasteiger partial charge in [0.25, 0.3) is 0 Å². The minimum absolute atomic E-state index is 0.00928. The van der Waals surface area contributed by atoms with E-state index < -0.39 is 6.09 Å². The molecule has 1 aromatic rings. The summed E-state index contributed by atoms with van der Waals surface area (Å²) in [7, 11) is 0. The Hall–Kier alpha value is -1.40. The summed E-state index contributed by atoms with van der Waals surface area (Å²) < 4.78 is 0. The molecular weight excluding hydrogens is 294 g/mol. The molecule has 1 N–H and O–H groups in total. The van der Waals surface area contributed by atoms with Crippen LogP contribution in [0.2, 0.25) is 0 Å². The van der Waals surface area contributed by atoms with Crippen LogP contribution in [0.4, 0.5) is 4.79 Å². The number of hydrogen-bond donors (Lipinski definition) is 1. The Morgan fingerprint density at radius 1 is 1.40 bits per heavy atom. The van der Waals surface area contributed by atoms with Gasteiger partial charge in [-0.15, -0.1) is 11.8 Å². The van der Waals surface area contributed by atoms with Crippen LogP contribution in [0.5, 0.6) is 0 Å². The van der Waals surface area contributed by atoms with E-state index in [4.69, 9.17) is 17.3 Å². The maximum absolute atomic E-state index is 12.3. The van der Waals surface area contributed by atoms with Crippen LogP contribution >= 0.6 is 24.0 Å². The number of hydrogen-bond acceptors (Lipinski definition) is 4. The van der Waals surface area contributed by atoms with Crippen LogP contribution in [0.3, 0.4) is 0 Å². The Labute approximate surface area is 127 Å². The number of carbonyl (C=O) groups is 2. The van der Waals surface area contributed by atoms with E-state index in [0.717, 1.165) is 0 Å². The van der Waals surface area contributed by atoms with Gasteiger partial charge in [-0.3, -0.25) is 9.69 Å². The van der Waals surface area contributed by atoms with Gasteiger partial charge in [-0.2, -0.15) is 0 Å². The van der Waals surface area contributed by atoms with Crippen LogP contribution in [0.1, 0.15) is 17.3 Å². The van der Waals surface area contributed by atoms with Crippen LogP contribution in [-0.2, 0) is 0 Å². The van der Waals surface area contributed by atoms with Gasteiger partial charge in [-0.25, -0.2) is 4.79 Å². The lowest BCUT2D eigenvalue weighted by atomic mass is 9.94. The molecule has 1 aliphatic rings. The van der Waals surface area contributed by atoms with Crippen molar-refractivity contribution < 1.29 is 14.7 Å². The first kappa shape index (κ1) is 15.0. The first-order chi connectivity index (χ1) is 9.50. The number of nitrogens with zero attached hydrogens (tertiary/aromatic N) is 1. The van der Waals surface area contributed by atoms with Crippen molar-refractivity contribution in [2.45, 2.75) is 12.2 Å². The van der Waals surface area contributed by atoms with Gasteiger partial charge in [-0.1, -0.05) is 49.5 Å². The molecule has 0 bridgehead atoms. The Morgan fingerprint density at radius 3 is 2.60 bits per heavy atom. The second-order valence-electron chi connectivity index (χ2n) is 4.64. The number of ketones is 1. The number of thiocarbonyl (C=S) groups is 1. The smallest absolute Gasteiger partial charge is 0.408 e. The van der Waals surface area contributed by atoms with Crippen LogP contribution in [0.15, 0.2) is 30.3 Å². The Morgan fingerprint density at radius 2 is 2.05 bits per heavy atom. The molecule has 2 atom stereocenters. The lowest BCUT2D eigenvalue weighted by Gasteiger charge is -2.17. The largest absolute Gasteiger partial charge is 0.465 e. The van der Waals surface area contributed by atoms with E-state index in [-0.39, 0.29) is 17.0 Å². The van der Waals surface area contributed by atoms with E-state index >= 15 is 0 Å². The number of thioether (sulfide) groups is 1. The van der Waals surface area contributed by atoms with Gasteiger partial charge in [0.15, 0.2) is 5.78 Å². The van der Waals surface area contributed by atoms with Gasteiger partial charge in [0.2, 0.25) is 0 Å². The molecule has 1 fully saturated rings. The second-order valence-corrected chi connectivity index (χ2v) is 6.28. The highest BCUT2D eigenvalue weighted by atomic mass is 32.2. The first-order valence-corrected chi connectivity index (χ1v) is 7.69. The van der Waals surface area contributed by atoms with Gasteiger partial charge in [0, 0.05) is 17.0 Å². The van der Waals surface area contributed by atoms with Gasteiger partial charge in [0.05, 0.1) is 17.0 Å². The highest BCUT2D eigenvalue weighted by molar-refractivity contribution is 8.02. The second kappa shape index (κ2) is 6.37. The standard InChI is InChI=1S/C14H15NO3S2/c1-9(12(16)10-5-3-2-4-6-10)13(19)11-7-15(8-20-11)14(17)18/h2-6,9,11H,7-8H2,1H3,(H,17,18). The summed E-state index contributed by atoms with van der Waals surface area (Å²) >= 11 is 6.87. The number of carboxylic acid groups (broad SMARTS) is 1. The molecule has 1 saturated heterocycles. The summed E-state index contributed by atoms with van der Waals surface area (Å²) in [6, 6.07) is 9.04. The minimum atomic E-state index is -0.940. The van der Waals surface area contributed by atoms with E-state index in [1.807, 2.05) is 18.2 Å². The predicted molar refractivity (Wildman–Crippen MR) is 83.5 cm³/mol. The van der Waals surface area contributed by atoms with E-state index in [1.165, 1.54) is 16.7 Å². The zero-order chi connectivity index (χ0) is 14.7. The van der Waals surface area contributed by atoms with Crippen molar-refractivity contribution in [2.24, 2.45) is 5.92 Å². The molecule has 4 nitrogen and oxygen atoms in total. The zero-order valence-corrected chi connectivity index (χ0v) is 12.6. The van der Waals surface area contributed by atoms with Crippen molar-refractivity contribution in [3.8, 4) is 0 Å². The average Bonchev–Trinajstić information content (AvgIpc) is 2.96. The fourth-order valence-corrected chi connectivity index (χ4v) is 3.67. The van der Waals surface area contributed by atoms with E-state index in [2.05, 4.69) is 0 Å². The van der Waals surface area contributed by atoms with Gasteiger partial charge in [-0.05, 0) is 0 Å². The lowest BCUT2D eigenvalue weighted by molar-refractivity contribution is 0.0962. The SMILES string of the molecule is CC(C(=O)c1ccccc1)C(=S)C1CN(C(=O)O)CS1. The average molecular weight is 309 g/mol. The maximum Gasteiger partial charge on any atom is 0.408 e. The maximum atomic E-state index is 12.3. The number of benzene rings is 1. The molecule has 2 unspecified atom stereocenters. The molecule has 1 amide bonds. The topological polar surface area (TPSA) is 57.6 Å². The van der Waals surface area contributed by atoms with Gasteiger partial charge >= 0.3 is 6.09 Å². The Kier molecular flexibility index (Phi) is 4.77. The number of Topliss-reactive ketones (excluding diaryl/α,β-unsaturated/α-hetero) is 1. The number of rotatable bonds is 4. The summed E-state index contributed by atoms with van der Waals surface area (Å²) in [5.74, 6) is 0.0236. The molecule has 0 aromatic heterocycles. The first-order valence-electron chi connectivity index (χ1n) is 6.23. The molecule has 20 heavy (non-hydrogen) atoms. The molecule has 1 aliphatic heterocycles. The third kappa shape index (κ3) is 3.19. The Balaban J connectivity index is 2.03. The van der Waals surface area contributed by atoms with Crippen molar-refractivity contribution in [2.75, 3.05) is 12.4 Å². The molecule has 2 rings (SSSR count). The third-order valence-corrected chi connectivity index (χ3v) is 5.34. The van der Waals surface area contributed by atoms with Crippen molar-refractivity contribution in [1.29, 1.82) is 0 Å². The van der Waals surface area contributed by atoms with E-state index in [9.17, 15) is 9.59 Å². The number of amides is 1. The van der Waals surface area contributed by atoms with Gasteiger partial charge in [0.1, 0.15) is 0 Å². The fraction of sp³-hybridized carbons (Fsp3) is 0.357. The summed E-state index contributed by atoms with van der Waals surface area (Å²) in [6.45, 7) is 2.16. The lowest BCUT2D eigenvalue weighted by Crippen LogP contribution is -2.33. The summed E-state index contributed by atoms with van der Waals surface area (Å²) in [5, 5.41) is 8.86. The third-order valence-electron chi connectivity index (χ3n) is 3.28. The van der Waals surface area contributed by atoms with Crippen LogP contribution in [0.25, 0.3) is 0 Å². The molecular formula is C14H15NO3S2. The predicted octanol–water partition coefficient (Wildman–Crippen LogP) is 2.93. The van der Waals surface area contributed by atoms with Gasteiger partial charge < -0.3 is 5.11 Å². The molecule has 0 saturated carbocycles. The highest BCUT2D eigenvalue weighted by Crippen LogP contribution is 2.27. The molecule has 1 aromatic carbocycles. The van der Waals surface area contributed by atoms with E-state index in [1.54, 1.807) is 19.1 Å². The van der Waals surface area contributed by atoms with Crippen molar-refractivity contribution in [1.82, 2.24) is 4.90 Å². The normalized spacial score (nSPS) is 19.6. The summed E-state index contributed by atoms with van der Waals surface area (Å²) in [5.41, 5.74) is 0.639. The summed E-state index contributed by atoms with van der Waals surface area (Å²) in [4.78, 5) is 25.2. The van der Waals surface area contributed by atoms with Crippen LogP contribution in [0, 0.1) is 5.92 Å². The molecule has 6 heteroatoms. The Bertz CT molecular complexity index is 532. The van der Waals surface area contributed by atoms with Crippen molar-refractivity contribution in [3.63, 3.8) is 0 Å². The summed E-state index contributed by atoms with van der Waals surface area (Å²) in [6.07, 6.45) is -0.940. The molecule has 106 valence electrons. The molecule has 1 heterocycles. The van der Waals surface area contributed by atoms with Crippen LogP contribution in [-0.4, -0.2) is 44.4 Å². The molecule has 0 spiro atoms. The van der Waals surface area contributed by atoms with Crippen molar-refractivity contribution in [3.05, 3.63) is 35.9 Å². The van der Waals surface area contributed by atoms with E-state index in [0.29, 0.717) is 22.8 Å². The quantitative estimate of drug-likeness (QED) is 0.684. The monoisotopic (exact) mass is 309 g/mol. The molecule has 0 radical (unpaired) electrons. The molecule has 0 aliphatic carbocycles. The van der Waals surface area contributed by atoms with Crippen LogP contribution < -0.4 is 0 Å².